The van der Waals surface area contributed by atoms with Gasteiger partial charge >= 0.3 is 12.0 Å². The predicted molar refractivity (Wildman–Crippen MR) is 88.9 cm³/mol. The lowest BCUT2D eigenvalue weighted by Crippen LogP contribution is -2.32. The second kappa shape index (κ2) is 7.96. The predicted octanol–water partition coefficient (Wildman–Crippen LogP) is 1.77. The van der Waals surface area contributed by atoms with Crippen LogP contribution < -0.4 is 5.32 Å². The molecule has 3 rings (SSSR count). The first-order valence-electron chi connectivity index (χ1n) is 7.85. The van der Waals surface area contributed by atoms with E-state index in [9.17, 15) is 14.4 Å². The van der Waals surface area contributed by atoms with Crippen LogP contribution in [0.15, 0.2) is 28.8 Å². The van der Waals surface area contributed by atoms with Gasteiger partial charge in [0.1, 0.15) is 0 Å². The molecule has 0 bridgehead atoms. The van der Waals surface area contributed by atoms with Crippen LogP contribution in [0.3, 0.4) is 0 Å². The lowest BCUT2D eigenvalue weighted by atomic mass is 10.2. The Morgan fingerprint density at radius 1 is 1.31 bits per heavy atom. The fraction of sp³-hybridized carbons (Fsp3) is 0.312. The molecular formula is C16H15ClN4O5. The fourth-order valence-electron chi connectivity index (χ4n) is 2.31. The number of hydrogen-bond acceptors (Lipinski definition) is 7. The highest BCUT2D eigenvalue weighted by molar-refractivity contribution is 6.30. The lowest BCUT2D eigenvalue weighted by Gasteiger charge is -2.11. The van der Waals surface area contributed by atoms with Crippen molar-refractivity contribution in [2.45, 2.75) is 19.4 Å². The molecule has 1 N–H and O–H groups in total. The summed E-state index contributed by atoms with van der Waals surface area (Å²) in [4.78, 5) is 39.7. The normalized spacial score (nSPS) is 13.8. The van der Waals surface area contributed by atoms with Gasteiger partial charge in [-0.2, -0.15) is 4.98 Å². The zero-order valence-corrected chi connectivity index (χ0v) is 14.4. The maximum atomic E-state index is 11.7. The van der Waals surface area contributed by atoms with Gasteiger partial charge in [0.15, 0.2) is 6.61 Å². The maximum Gasteiger partial charge on any atom is 0.324 e. The smallest absolute Gasteiger partial charge is 0.324 e. The lowest BCUT2D eigenvalue weighted by molar-refractivity contribution is -0.146. The number of rotatable bonds is 7. The van der Waals surface area contributed by atoms with Gasteiger partial charge in [-0.1, -0.05) is 16.8 Å². The minimum Gasteiger partial charge on any atom is -0.456 e. The maximum absolute atomic E-state index is 11.7. The Hall–Kier alpha value is -2.94. The van der Waals surface area contributed by atoms with E-state index in [0.717, 1.165) is 10.5 Å². The summed E-state index contributed by atoms with van der Waals surface area (Å²) in [7, 11) is 0. The van der Waals surface area contributed by atoms with E-state index in [1.165, 1.54) is 0 Å². The van der Waals surface area contributed by atoms with Crippen molar-refractivity contribution in [2.75, 3.05) is 13.1 Å². The second-order valence-electron chi connectivity index (χ2n) is 5.49. The van der Waals surface area contributed by atoms with Crippen molar-refractivity contribution in [3.05, 3.63) is 35.2 Å². The van der Waals surface area contributed by atoms with Crippen LogP contribution in [0.1, 0.15) is 18.7 Å². The average molecular weight is 379 g/mol. The van der Waals surface area contributed by atoms with Gasteiger partial charge in [-0.25, -0.2) is 4.79 Å². The first-order chi connectivity index (χ1) is 12.5. The Kier molecular flexibility index (Phi) is 5.47. The first kappa shape index (κ1) is 17.9. The van der Waals surface area contributed by atoms with Gasteiger partial charge in [-0.15, -0.1) is 0 Å². The highest BCUT2D eigenvalue weighted by Crippen LogP contribution is 2.18. The Balaban J connectivity index is 1.42. The molecule has 2 heterocycles. The number of esters is 1. The van der Waals surface area contributed by atoms with Gasteiger partial charge in [0.25, 0.3) is 5.89 Å². The van der Waals surface area contributed by atoms with E-state index in [1.807, 2.05) is 0 Å². The molecule has 0 saturated carbocycles. The van der Waals surface area contributed by atoms with Crippen molar-refractivity contribution in [3.63, 3.8) is 0 Å². The molecule has 3 amide bonds. The molecule has 10 heteroatoms. The van der Waals surface area contributed by atoms with Crippen LogP contribution in [-0.4, -0.2) is 46.0 Å². The second-order valence-corrected chi connectivity index (χ2v) is 5.92. The minimum absolute atomic E-state index is 0.00358. The van der Waals surface area contributed by atoms with E-state index in [2.05, 4.69) is 15.5 Å². The van der Waals surface area contributed by atoms with Crippen LogP contribution in [-0.2, 0) is 20.9 Å². The van der Waals surface area contributed by atoms with Gasteiger partial charge in [-0.3, -0.25) is 14.5 Å². The molecule has 1 saturated heterocycles. The van der Waals surface area contributed by atoms with E-state index in [-0.39, 0.29) is 37.9 Å². The van der Waals surface area contributed by atoms with E-state index in [4.69, 9.17) is 20.9 Å². The van der Waals surface area contributed by atoms with E-state index >= 15 is 0 Å². The number of amides is 3. The Labute approximate surface area is 153 Å². The van der Waals surface area contributed by atoms with Crippen LogP contribution in [0, 0.1) is 0 Å². The standard InChI is InChI=1S/C16H15ClN4O5/c17-11-5-3-10(4-6-11)15-19-12(26-20-15)9-25-14(23)2-1-7-21-13(22)8-18-16(21)24/h3-6H,1-2,7-9H2,(H,18,24). The Morgan fingerprint density at radius 2 is 2.08 bits per heavy atom. The number of ether oxygens (including phenoxy) is 1. The molecular weight excluding hydrogens is 364 g/mol. The summed E-state index contributed by atoms with van der Waals surface area (Å²) in [5, 5.41) is 6.82. The van der Waals surface area contributed by atoms with Crippen LogP contribution in [0.25, 0.3) is 11.4 Å². The molecule has 0 radical (unpaired) electrons. The van der Waals surface area contributed by atoms with Crippen molar-refractivity contribution >= 4 is 29.5 Å². The highest BCUT2D eigenvalue weighted by Gasteiger charge is 2.27. The molecule has 0 aliphatic carbocycles. The Bertz CT molecular complexity index is 804. The van der Waals surface area contributed by atoms with Crippen molar-refractivity contribution in [2.24, 2.45) is 0 Å². The number of benzene rings is 1. The topological polar surface area (TPSA) is 115 Å². The van der Waals surface area contributed by atoms with E-state index < -0.39 is 12.0 Å². The zero-order valence-electron chi connectivity index (χ0n) is 13.6. The van der Waals surface area contributed by atoms with Gasteiger partial charge in [0, 0.05) is 23.6 Å². The molecule has 1 aliphatic rings. The molecule has 1 aromatic heterocycles. The number of halogens is 1. The van der Waals surface area contributed by atoms with E-state index in [0.29, 0.717) is 17.3 Å². The van der Waals surface area contributed by atoms with Crippen molar-refractivity contribution in [1.29, 1.82) is 0 Å². The first-order valence-corrected chi connectivity index (χ1v) is 8.23. The molecule has 1 fully saturated rings. The van der Waals surface area contributed by atoms with Gasteiger partial charge in [-0.05, 0) is 30.7 Å². The third kappa shape index (κ3) is 4.37. The molecule has 136 valence electrons. The van der Waals surface area contributed by atoms with Crippen molar-refractivity contribution < 1.29 is 23.6 Å². The number of nitrogens with one attached hydrogen (secondary N) is 1. The Morgan fingerprint density at radius 3 is 2.77 bits per heavy atom. The van der Waals surface area contributed by atoms with E-state index in [1.54, 1.807) is 24.3 Å². The third-order valence-corrected chi connectivity index (χ3v) is 3.88. The van der Waals surface area contributed by atoms with Gasteiger partial charge in [0.05, 0.1) is 6.54 Å². The van der Waals surface area contributed by atoms with Crippen LogP contribution in [0.5, 0.6) is 0 Å². The summed E-state index contributed by atoms with van der Waals surface area (Å²) < 4.78 is 10.1. The largest absolute Gasteiger partial charge is 0.456 e. The molecule has 26 heavy (non-hydrogen) atoms. The monoisotopic (exact) mass is 378 g/mol. The minimum atomic E-state index is -0.483. The van der Waals surface area contributed by atoms with Crippen molar-refractivity contribution in [1.82, 2.24) is 20.4 Å². The van der Waals surface area contributed by atoms with Gasteiger partial charge in [0.2, 0.25) is 11.7 Å². The summed E-state index contributed by atoms with van der Waals surface area (Å²) in [6.45, 7) is 0.0139. The number of aromatic nitrogens is 2. The molecule has 9 nitrogen and oxygen atoms in total. The highest BCUT2D eigenvalue weighted by atomic mass is 35.5. The summed E-state index contributed by atoms with van der Waals surface area (Å²) in [6.07, 6.45) is 0.382. The summed E-state index contributed by atoms with van der Waals surface area (Å²) in [5.74, 6) is -0.254. The zero-order chi connectivity index (χ0) is 18.5. The molecule has 0 atom stereocenters. The number of urea groups is 1. The van der Waals surface area contributed by atoms with Crippen molar-refractivity contribution in [3.8, 4) is 11.4 Å². The quantitative estimate of drug-likeness (QED) is 0.576. The fourth-order valence-corrected chi connectivity index (χ4v) is 2.43. The van der Waals surface area contributed by atoms with Crippen LogP contribution >= 0.6 is 11.6 Å². The van der Waals surface area contributed by atoms with Crippen LogP contribution in [0.2, 0.25) is 5.02 Å². The number of imide groups is 1. The summed E-state index contributed by atoms with van der Waals surface area (Å²) in [6, 6.07) is 6.47. The summed E-state index contributed by atoms with van der Waals surface area (Å²) >= 11 is 5.82. The molecule has 2 aromatic rings. The molecule has 1 aromatic carbocycles. The number of carbonyl (C=O) groups excluding carboxylic acids is 3. The number of hydrogen-bond donors (Lipinski definition) is 1. The number of nitrogens with zero attached hydrogens (tertiary/aromatic N) is 3. The van der Waals surface area contributed by atoms with Crippen LogP contribution in [0.4, 0.5) is 4.79 Å². The summed E-state index contributed by atoms with van der Waals surface area (Å²) in [5.41, 5.74) is 0.726. The third-order valence-electron chi connectivity index (χ3n) is 3.63. The molecule has 0 spiro atoms. The SMILES string of the molecule is O=C(CCCN1C(=O)CNC1=O)OCc1nc(-c2ccc(Cl)cc2)no1. The average Bonchev–Trinajstić information content (AvgIpc) is 3.22. The van der Waals surface area contributed by atoms with Gasteiger partial charge < -0.3 is 14.6 Å². The number of carbonyl (C=O) groups is 3. The molecule has 1 aliphatic heterocycles. The molecule has 0 unspecified atom stereocenters.